The van der Waals surface area contributed by atoms with E-state index in [0.29, 0.717) is 24.0 Å². The fraction of sp³-hybridized carbons (Fsp3) is 0.500. The van der Waals surface area contributed by atoms with Crippen LogP contribution in [0.1, 0.15) is 34.5 Å². The molecule has 1 fully saturated rings. The lowest BCUT2D eigenvalue weighted by atomic mass is 9.91. The zero-order valence-electron chi connectivity index (χ0n) is 17.9. The second kappa shape index (κ2) is 8.74. The number of benzene rings is 1. The molecule has 0 unspecified atom stereocenters. The number of para-hydroxylation sites is 1. The van der Waals surface area contributed by atoms with Crippen molar-refractivity contribution in [2.24, 2.45) is 5.92 Å². The molecule has 0 saturated carbocycles. The number of β-amino-alcohol motifs (C(OH)–C–C–N with tert-alkyl or cyclic N) is 1. The molecular formula is C24H33N3O3. The first-order valence-electron chi connectivity index (χ1n) is 10.9. The van der Waals surface area contributed by atoms with E-state index in [2.05, 4.69) is 17.1 Å². The van der Waals surface area contributed by atoms with Crippen molar-refractivity contribution in [3.8, 4) is 0 Å². The van der Waals surface area contributed by atoms with E-state index < -0.39 is 6.10 Å². The van der Waals surface area contributed by atoms with E-state index >= 15 is 0 Å². The van der Waals surface area contributed by atoms with Crippen LogP contribution in [0.15, 0.2) is 57.2 Å². The van der Waals surface area contributed by atoms with Crippen molar-refractivity contribution in [2.45, 2.75) is 52.3 Å². The SMILES string of the molecule is CC(C)Cn1c(=O)n(C[C@@H](O)CN2CCC3=CCCC=C3C2)c(=O)c2ccccc21.[HH]. The van der Waals surface area contributed by atoms with Crippen molar-refractivity contribution >= 4 is 10.9 Å². The van der Waals surface area contributed by atoms with Crippen molar-refractivity contribution in [1.29, 1.82) is 0 Å². The van der Waals surface area contributed by atoms with Gasteiger partial charge in [-0.25, -0.2) is 4.79 Å². The number of fused-ring (bicyclic) bond motifs is 2. The molecule has 2 aliphatic rings. The summed E-state index contributed by atoms with van der Waals surface area (Å²) in [4.78, 5) is 28.4. The molecule has 2 aromatic rings. The highest BCUT2D eigenvalue weighted by molar-refractivity contribution is 5.77. The quantitative estimate of drug-likeness (QED) is 0.794. The van der Waals surface area contributed by atoms with Crippen molar-refractivity contribution in [2.75, 3.05) is 19.6 Å². The first kappa shape index (κ1) is 20.8. The maximum atomic E-state index is 13.1. The molecule has 1 saturated heterocycles. The monoisotopic (exact) mass is 411 g/mol. The Hall–Kier alpha value is -2.44. The maximum Gasteiger partial charge on any atom is 0.331 e. The Morgan fingerprint density at radius 1 is 1.00 bits per heavy atom. The van der Waals surface area contributed by atoms with Gasteiger partial charge in [-0.2, -0.15) is 0 Å². The number of rotatable bonds is 6. The van der Waals surface area contributed by atoms with E-state index in [4.69, 9.17) is 0 Å². The van der Waals surface area contributed by atoms with Crippen LogP contribution in [-0.2, 0) is 13.1 Å². The Morgan fingerprint density at radius 3 is 2.50 bits per heavy atom. The average Bonchev–Trinajstić information content (AvgIpc) is 2.74. The van der Waals surface area contributed by atoms with Gasteiger partial charge in [0.25, 0.3) is 5.56 Å². The summed E-state index contributed by atoms with van der Waals surface area (Å²) in [5.74, 6) is 0.265. The standard InChI is InChI=1S/C24H31N3O3.H2/c1-17(2)13-26-22-10-6-5-9-21(22)23(29)27(24(26)30)16-20(28)15-25-12-11-18-7-3-4-8-19(18)14-25;/h5-10,17,20,28H,3-4,11-16H2,1-2H3;1H/t20-;/m0./s1. The third-order valence-electron chi connectivity index (χ3n) is 5.99. The predicted molar refractivity (Wildman–Crippen MR) is 122 cm³/mol. The molecule has 4 rings (SSSR count). The number of piperidine rings is 1. The molecule has 0 bridgehead atoms. The lowest BCUT2D eigenvalue weighted by Gasteiger charge is -2.33. The molecule has 1 aromatic heterocycles. The van der Waals surface area contributed by atoms with Crippen LogP contribution in [0.2, 0.25) is 0 Å². The van der Waals surface area contributed by atoms with Crippen LogP contribution < -0.4 is 11.2 Å². The molecule has 0 amide bonds. The summed E-state index contributed by atoms with van der Waals surface area (Å²) in [6, 6.07) is 7.23. The first-order valence-corrected chi connectivity index (χ1v) is 10.9. The van der Waals surface area contributed by atoms with Crippen LogP contribution >= 0.6 is 0 Å². The maximum absolute atomic E-state index is 13.1. The van der Waals surface area contributed by atoms with Gasteiger partial charge in [-0.05, 0) is 48.5 Å². The number of nitrogens with zero attached hydrogens (tertiary/aromatic N) is 3. The van der Waals surface area contributed by atoms with Gasteiger partial charge < -0.3 is 5.11 Å². The second-order valence-electron chi connectivity index (χ2n) is 8.89. The van der Waals surface area contributed by atoms with Crippen molar-refractivity contribution in [3.63, 3.8) is 0 Å². The summed E-state index contributed by atoms with van der Waals surface area (Å²) < 4.78 is 2.88. The summed E-state index contributed by atoms with van der Waals surface area (Å²) in [5, 5.41) is 11.3. The minimum Gasteiger partial charge on any atom is -0.390 e. The minimum absolute atomic E-state index is 0. The van der Waals surface area contributed by atoms with Gasteiger partial charge in [-0.15, -0.1) is 0 Å². The third-order valence-corrected chi connectivity index (χ3v) is 5.99. The van der Waals surface area contributed by atoms with Gasteiger partial charge >= 0.3 is 5.69 Å². The van der Waals surface area contributed by atoms with Crippen molar-refractivity contribution in [3.05, 3.63) is 68.4 Å². The van der Waals surface area contributed by atoms with Crippen LogP contribution in [0.4, 0.5) is 0 Å². The summed E-state index contributed by atoms with van der Waals surface area (Å²) >= 11 is 0. The summed E-state index contributed by atoms with van der Waals surface area (Å²) in [6.07, 6.45) is 7.04. The molecule has 162 valence electrons. The van der Waals surface area contributed by atoms with Crippen LogP contribution in [0.25, 0.3) is 10.9 Å². The minimum atomic E-state index is -0.779. The molecule has 0 radical (unpaired) electrons. The van der Waals surface area contributed by atoms with Gasteiger partial charge in [0.2, 0.25) is 0 Å². The van der Waals surface area contributed by atoms with Crippen molar-refractivity contribution in [1.82, 2.24) is 14.0 Å². The number of hydrogen-bond donors (Lipinski definition) is 1. The Labute approximate surface area is 178 Å². The number of aromatic nitrogens is 2. The molecule has 0 spiro atoms. The van der Waals surface area contributed by atoms with E-state index in [1.54, 1.807) is 10.6 Å². The normalized spacial score (nSPS) is 18.3. The van der Waals surface area contributed by atoms with Gasteiger partial charge in [0, 0.05) is 27.6 Å². The van der Waals surface area contributed by atoms with Gasteiger partial charge in [-0.1, -0.05) is 38.1 Å². The smallest absolute Gasteiger partial charge is 0.331 e. The molecular weight excluding hydrogens is 378 g/mol. The predicted octanol–water partition coefficient (Wildman–Crippen LogP) is 2.78. The van der Waals surface area contributed by atoms with E-state index in [9.17, 15) is 14.7 Å². The number of allylic oxidation sites excluding steroid dienone is 2. The fourth-order valence-electron chi connectivity index (χ4n) is 4.60. The van der Waals surface area contributed by atoms with Gasteiger partial charge in [0.1, 0.15) is 0 Å². The molecule has 6 heteroatoms. The summed E-state index contributed by atoms with van der Waals surface area (Å²) in [5.41, 5.74) is 2.79. The van der Waals surface area contributed by atoms with Crippen LogP contribution in [0.3, 0.4) is 0 Å². The fourth-order valence-corrected chi connectivity index (χ4v) is 4.60. The Balaban J connectivity index is 0.00000272. The first-order chi connectivity index (χ1) is 14.4. The number of likely N-dealkylation sites (tertiary alicyclic amines) is 1. The lowest BCUT2D eigenvalue weighted by molar-refractivity contribution is 0.0975. The van der Waals surface area contributed by atoms with Crippen LogP contribution in [-0.4, -0.2) is 44.9 Å². The van der Waals surface area contributed by atoms with Crippen LogP contribution in [0, 0.1) is 5.92 Å². The highest BCUT2D eigenvalue weighted by atomic mass is 16.3. The average molecular weight is 412 g/mol. The van der Waals surface area contributed by atoms with E-state index in [0.717, 1.165) is 32.4 Å². The molecule has 2 heterocycles. The van der Waals surface area contributed by atoms with E-state index in [1.165, 1.54) is 15.7 Å². The molecule has 1 aliphatic carbocycles. The summed E-state index contributed by atoms with van der Waals surface area (Å²) in [7, 11) is 0. The molecule has 1 atom stereocenters. The largest absolute Gasteiger partial charge is 0.390 e. The molecule has 1 N–H and O–H groups in total. The number of hydrogen-bond acceptors (Lipinski definition) is 4. The van der Waals surface area contributed by atoms with E-state index in [1.807, 2.05) is 32.0 Å². The summed E-state index contributed by atoms with van der Waals surface area (Å²) in [6.45, 7) is 6.81. The van der Waals surface area contributed by atoms with E-state index in [-0.39, 0.29) is 25.1 Å². The Morgan fingerprint density at radius 2 is 1.73 bits per heavy atom. The van der Waals surface area contributed by atoms with Crippen LogP contribution in [0.5, 0.6) is 0 Å². The van der Waals surface area contributed by atoms with Crippen molar-refractivity contribution < 1.29 is 6.53 Å². The topological polar surface area (TPSA) is 67.5 Å². The van der Waals surface area contributed by atoms with Gasteiger partial charge in [0.15, 0.2) is 0 Å². The Kier molecular flexibility index (Phi) is 6.06. The highest BCUT2D eigenvalue weighted by Gasteiger charge is 2.23. The second-order valence-corrected chi connectivity index (χ2v) is 8.89. The zero-order valence-corrected chi connectivity index (χ0v) is 17.9. The molecule has 1 aromatic carbocycles. The number of aliphatic hydroxyl groups excluding tert-OH is 1. The van der Waals surface area contributed by atoms with Gasteiger partial charge in [0.05, 0.1) is 23.6 Å². The molecule has 1 aliphatic heterocycles. The molecule has 30 heavy (non-hydrogen) atoms. The zero-order chi connectivity index (χ0) is 21.3. The highest BCUT2D eigenvalue weighted by Crippen LogP contribution is 2.27. The Bertz CT molecular complexity index is 1110. The third kappa shape index (κ3) is 4.20. The lowest BCUT2D eigenvalue weighted by Crippen LogP contribution is -2.46. The molecule has 6 nitrogen and oxygen atoms in total. The van der Waals surface area contributed by atoms with Gasteiger partial charge in [-0.3, -0.25) is 18.8 Å². The number of aliphatic hydroxyl groups is 1.